The molecule has 0 fully saturated rings. The molecule has 4 unspecified atom stereocenters. The minimum absolute atomic E-state index is 0.0598. The van der Waals surface area contributed by atoms with Gasteiger partial charge in [-0.15, -0.1) is 0 Å². The molecule has 0 amide bonds. The van der Waals surface area contributed by atoms with Crippen LogP contribution in [0.3, 0.4) is 0 Å². The number of rotatable bonds is 10. The molecular formula is C15H28N2O5. The first-order valence-corrected chi connectivity index (χ1v) is 7.37. The van der Waals surface area contributed by atoms with E-state index in [4.69, 9.17) is 20.9 Å². The van der Waals surface area contributed by atoms with Crippen LogP contribution >= 0.6 is 0 Å². The Labute approximate surface area is 131 Å². The summed E-state index contributed by atoms with van der Waals surface area (Å²) in [4.78, 5) is 23.0. The summed E-state index contributed by atoms with van der Waals surface area (Å²) in [6.45, 7) is 8.13. The maximum absolute atomic E-state index is 11.6. The lowest BCUT2D eigenvalue weighted by Gasteiger charge is -2.34. The van der Waals surface area contributed by atoms with Gasteiger partial charge in [0, 0.05) is 12.1 Å². The van der Waals surface area contributed by atoms with E-state index in [1.807, 2.05) is 6.92 Å². The highest BCUT2D eigenvalue weighted by molar-refractivity contribution is 5.81. The normalized spacial score (nSPS) is 17.7. The van der Waals surface area contributed by atoms with E-state index < -0.39 is 29.7 Å². The molecule has 4 atom stereocenters. The average molecular weight is 316 g/mol. The molecule has 0 aliphatic rings. The van der Waals surface area contributed by atoms with E-state index in [0.29, 0.717) is 12.8 Å². The molecule has 5 N–H and O–H groups in total. The van der Waals surface area contributed by atoms with Crippen molar-refractivity contribution in [3.63, 3.8) is 0 Å². The first-order valence-electron chi connectivity index (χ1n) is 7.37. The van der Waals surface area contributed by atoms with Crippen molar-refractivity contribution in [1.29, 1.82) is 0 Å². The van der Waals surface area contributed by atoms with Gasteiger partial charge in [0.05, 0.1) is 12.3 Å². The van der Waals surface area contributed by atoms with Crippen molar-refractivity contribution in [3.8, 4) is 0 Å². The lowest BCUT2D eigenvalue weighted by Crippen LogP contribution is -2.52. The van der Waals surface area contributed by atoms with Crippen molar-refractivity contribution in [3.05, 3.63) is 12.7 Å². The van der Waals surface area contributed by atoms with Crippen LogP contribution in [0.5, 0.6) is 0 Å². The Bertz CT molecular complexity index is 377. The molecule has 128 valence electrons. The first kappa shape index (κ1) is 20.6. The number of nitrogens with two attached hydrogens (primary N) is 2. The zero-order valence-corrected chi connectivity index (χ0v) is 13.6. The number of hydrogen-bond donors (Lipinski definition) is 3. The maximum Gasteiger partial charge on any atom is 0.330 e. The van der Waals surface area contributed by atoms with Crippen LogP contribution in [0.2, 0.25) is 0 Å². The van der Waals surface area contributed by atoms with Crippen molar-refractivity contribution >= 4 is 11.9 Å². The van der Waals surface area contributed by atoms with E-state index in [2.05, 4.69) is 6.58 Å². The number of esters is 2. The summed E-state index contributed by atoms with van der Waals surface area (Å²) in [6.07, 6.45) is 1.59. The van der Waals surface area contributed by atoms with Crippen LogP contribution in [-0.4, -0.2) is 41.5 Å². The molecule has 0 spiro atoms. The Morgan fingerprint density at radius 2 is 2.05 bits per heavy atom. The van der Waals surface area contributed by atoms with E-state index in [9.17, 15) is 14.7 Å². The van der Waals surface area contributed by atoms with Gasteiger partial charge >= 0.3 is 11.9 Å². The Balaban J connectivity index is 4.94. The smallest absolute Gasteiger partial charge is 0.330 e. The summed E-state index contributed by atoms with van der Waals surface area (Å²) < 4.78 is 10.3. The molecule has 0 aromatic carbocycles. The maximum atomic E-state index is 11.6. The summed E-state index contributed by atoms with van der Waals surface area (Å²) >= 11 is 0. The van der Waals surface area contributed by atoms with Crippen LogP contribution in [0.4, 0.5) is 0 Å². The fourth-order valence-corrected chi connectivity index (χ4v) is 1.98. The number of ether oxygens (including phenoxy) is 2. The molecule has 22 heavy (non-hydrogen) atoms. The molecule has 0 rings (SSSR count). The third kappa shape index (κ3) is 8.11. The highest BCUT2D eigenvalue weighted by Crippen LogP contribution is 2.23. The van der Waals surface area contributed by atoms with Crippen LogP contribution in [0.1, 0.15) is 40.0 Å². The number of carbonyl (C=O) groups excluding carboxylic acids is 2. The summed E-state index contributed by atoms with van der Waals surface area (Å²) in [5.41, 5.74) is 9.59. The number of hydrogen-bond acceptors (Lipinski definition) is 7. The Morgan fingerprint density at radius 1 is 1.45 bits per heavy atom. The lowest BCUT2D eigenvalue weighted by molar-refractivity contribution is -0.162. The Hall–Kier alpha value is -1.44. The van der Waals surface area contributed by atoms with E-state index in [1.54, 1.807) is 6.92 Å². The largest absolute Gasteiger partial charge is 0.465 e. The van der Waals surface area contributed by atoms with Gasteiger partial charge in [0.1, 0.15) is 18.4 Å². The molecule has 0 heterocycles. The van der Waals surface area contributed by atoms with Gasteiger partial charge < -0.3 is 26.0 Å². The van der Waals surface area contributed by atoms with Crippen LogP contribution in [0, 0.1) is 5.92 Å². The van der Waals surface area contributed by atoms with Gasteiger partial charge in [-0.1, -0.05) is 19.9 Å². The molecule has 0 radical (unpaired) electrons. The van der Waals surface area contributed by atoms with Gasteiger partial charge in [-0.05, 0) is 20.3 Å². The Morgan fingerprint density at radius 3 is 2.45 bits per heavy atom. The van der Waals surface area contributed by atoms with E-state index in [-0.39, 0.29) is 19.1 Å². The van der Waals surface area contributed by atoms with Gasteiger partial charge in [0.25, 0.3) is 0 Å². The summed E-state index contributed by atoms with van der Waals surface area (Å²) in [7, 11) is 0. The second-order valence-corrected chi connectivity index (χ2v) is 5.66. The highest BCUT2D eigenvalue weighted by Gasteiger charge is 2.37. The zero-order valence-electron chi connectivity index (χ0n) is 13.6. The van der Waals surface area contributed by atoms with Gasteiger partial charge in [-0.2, -0.15) is 0 Å². The standard InChI is InChI=1S/C15H28N2O5/c1-5-7-12(22-13(18)6-2)11(15(4,17)20)9-21-14(19)8-10(3)16/h6,10-12,20H,2,5,7-9,16-17H2,1,3-4H3. The summed E-state index contributed by atoms with van der Waals surface area (Å²) in [5.74, 6) is -1.86. The van der Waals surface area contributed by atoms with Gasteiger partial charge in [0.2, 0.25) is 0 Å². The molecule has 0 saturated heterocycles. The monoisotopic (exact) mass is 316 g/mol. The first-order chi connectivity index (χ1) is 10.1. The van der Waals surface area contributed by atoms with Crippen molar-refractivity contribution in [1.82, 2.24) is 0 Å². The molecule has 0 bridgehead atoms. The summed E-state index contributed by atoms with van der Waals surface area (Å²) in [5, 5.41) is 10.1. The van der Waals surface area contributed by atoms with E-state index >= 15 is 0 Å². The highest BCUT2D eigenvalue weighted by atomic mass is 16.6. The van der Waals surface area contributed by atoms with Gasteiger partial charge in [-0.25, -0.2) is 4.79 Å². The van der Waals surface area contributed by atoms with Gasteiger partial charge in [-0.3, -0.25) is 4.79 Å². The molecule has 0 aromatic heterocycles. The molecular weight excluding hydrogens is 288 g/mol. The second-order valence-electron chi connectivity index (χ2n) is 5.66. The Kier molecular flexibility index (Phi) is 8.93. The van der Waals surface area contributed by atoms with Crippen LogP contribution < -0.4 is 11.5 Å². The predicted octanol–water partition coefficient (Wildman–Crippen LogP) is 0.448. The van der Waals surface area contributed by atoms with Crippen LogP contribution in [0.25, 0.3) is 0 Å². The van der Waals surface area contributed by atoms with Crippen LogP contribution in [0.15, 0.2) is 12.7 Å². The van der Waals surface area contributed by atoms with Gasteiger partial charge in [0.15, 0.2) is 0 Å². The number of carbonyl (C=O) groups is 2. The van der Waals surface area contributed by atoms with E-state index in [1.165, 1.54) is 6.92 Å². The second kappa shape index (κ2) is 9.55. The van der Waals surface area contributed by atoms with Crippen molar-refractivity contribution in [2.75, 3.05) is 6.61 Å². The predicted molar refractivity (Wildman–Crippen MR) is 82.5 cm³/mol. The average Bonchev–Trinajstić information content (AvgIpc) is 2.36. The third-order valence-electron chi connectivity index (χ3n) is 3.12. The van der Waals surface area contributed by atoms with Crippen LogP contribution in [-0.2, 0) is 19.1 Å². The van der Waals surface area contributed by atoms with E-state index in [0.717, 1.165) is 6.08 Å². The molecule has 0 saturated carbocycles. The van der Waals surface area contributed by atoms with Crippen molar-refractivity contribution < 1.29 is 24.2 Å². The van der Waals surface area contributed by atoms with Crippen molar-refractivity contribution in [2.45, 2.75) is 57.9 Å². The number of aliphatic hydroxyl groups is 1. The summed E-state index contributed by atoms with van der Waals surface area (Å²) in [6, 6.07) is -0.325. The molecule has 0 aliphatic carbocycles. The fraction of sp³-hybridized carbons (Fsp3) is 0.733. The molecule has 7 heteroatoms. The zero-order chi connectivity index (χ0) is 17.3. The van der Waals surface area contributed by atoms with Crippen molar-refractivity contribution in [2.24, 2.45) is 17.4 Å². The quantitative estimate of drug-likeness (QED) is 0.303. The third-order valence-corrected chi connectivity index (χ3v) is 3.12. The minimum Gasteiger partial charge on any atom is -0.465 e. The lowest BCUT2D eigenvalue weighted by atomic mass is 9.90. The molecule has 7 nitrogen and oxygen atoms in total. The topological polar surface area (TPSA) is 125 Å². The minimum atomic E-state index is -1.67. The fourth-order valence-electron chi connectivity index (χ4n) is 1.98. The molecule has 0 aliphatic heterocycles. The molecule has 0 aromatic rings. The SMILES string of the molecule is C=CC(=O)OC(CCC)C(COC(=O)CC(C)N)C(C)(N)O.